The lowest BCUT2D eigenvalue weighted by molar-refractivity contribution is 0.0721. The molecule has 1 saturated carbocycles. The van der Waals surface area contributed by atoms with Crippen LogP contribution in [0.3, 0.4) is 0 Å². The molecular formula is C13H20OS. The molecule has 0 radical (unpaired) electrons. The lowest BCUT2D eigenvalue weighted by Gasteiger charge is -2.30. The van der Waals surface area contributed by atoms with Gasteiger partial charge in [-0.25, -0.2) is 0 Å². The molecule has 1 nitrogen and oxygen atoms in total. The van der Waals surface area contributed by atoms with E-state index in [0.717, 1.165) is 12.3 Å². The molecular weight excluding hydrogens is 204 g/mol. The zero-order valence-corrected chi connectivity index (χ0v) is 10.2. The molecule has 1 aromatic heterocycles. The van der Waals surface area contributed by atoms with E-state index in [4.69, 9.17) is 0 Å². The summed E-state index contributed by atoms with van der Waals surface area (Å²) >= 11 is 1.72. The highest BCUT2D eigenvalue weighted by atomic mass is 32.1. The van der Waals surface area contributed by atoms with E-state index in [1.165, 1.54) is 31.2 Å². The number of hydrogen-bond donors (Lipinski definition) is 1. The van der Waals surface area contributed by atoms with Gasteiger partial charge in [-0.3, -0.25) is 0 Å². The van der Waals surface area contributed by atoms with Crippen LogP contribution in [0.1, 0.15) is 38.2 Å². The smallest absolute Gasteiger partial charge is 0.0609 e. The lowest BCUT2D eigenvalue weighted by atomic mass is 9.78. The van der Waals surface area contributed by atoms with Crippen molar-refractivity contribution < 1.29 is 5.11 Å². The molecule has 2 heteroatoms. The average Bonchev–Trinajstić information content (AvgIpc) is 2.70. The highest BCUT2D eigenvalue weighted by molar-refractivity contribution is 7.07. The first-order chi connectivity index (χ1) is 7.25. The maximum Gasteiger partial charge on any atom is 0.0609 e. The molecule has 0 bridgehead atoms. The van der Waals surface area contributed by atoms with Crippen molar-refractivity contribution >= 4 is 11.3 Å². The second-order valence-electron chi connectivity index (χ2n) is 4.93. The van der Waals surface area contributed by atoms with Gasteiger partial charge in [-0.2, -0.15) is 11.3 Å². The predicted octanol–water partition coefficient (Wildman–Crippen LogP) is 3.48. The van der Waals surface area contributed by atoms with E-state index in [1.54, 1.807) is 11.3 Å². The Kier molecular flexibility index (Phi) is 3.81. The molecule has 1 aromatic rings. The molecule has 1 fully saturated rings. The third-order valence-electron chi connectivity index (χ3n) is 3.55. The Hall–Kier alpha value is -0.340. The Morgan fingerprint density at radius 3 is 3.07 bits per heavy atom. The number of rotatable bonds is 3. The zero-order valence-electron chi connectivity index (χ0n) is 9.36. The molecule has 0 saturated heterocycles. The van der Waals surface area contributed by atoms with Crippen molar-refractivity contribution in [1.82, 2.24) is 0 Å². The van der Waals surface area contributed by atoms with Gasteiger partial charge in [0, 0.05) is 0 Å². The van der Waals surface area contributed by atoms with Gasteiger partial charge in [-0.15, -0.1) is 0 Å². The maximum atomic E-state index is 10.2. The zero-order chi connectivity index (χ0) is 10.7. The molecule has 1 N–H and O–H groups in total. The monoisotopic (exact) mass is 224 g/mol. The quantitative estimate of drug-likeness (QED) is 0.833. The maximum absolute atomic E-state index is 10.2. The van der Waals surface area contributed by atoms with Crippen molar-refractivity contribution in [2.75, 3.05) is 0 Å². The summed E-state index contributed by atoms with van der Waals surface area (Å²) in [5.41, 5.74) is 1.30. The average molecular weight is 224 g/mol. The summed E-state index contributed by atoms with van der Waals surface area (Å²) in [4.78, 5) is 0. The fourth-order valence-corrected chi connectivity index (χ4v) is 3.33. The molecule has 2 rings (SSSR count). The van der Waals surface area contributed by atoms with Crippen LogP contribution in [0.5, 0.6) is 0 Å². The van der Waals surface area contributed by atoms with Crippen molar-refractivity contribution in [2.24, 2.45) is 11.8 Å². The van der Waals surface area contributed by atoms with Crippen molar-refractivity contribution in [1.29, 1.82) is 0 Å². The molecule has 1 heterocycles. The van der Waals surface area contributed by atoms with E-state index in [2.05, 4.69) is 23.8 Å². The SMILES string of the molecule is CC1CCCC(C(O)Cc2ccsc2)C1. The fraction of sp³-hybridized carbons (Fsp3) is 0.692. The van der Waals surface area contributed by atoms with E-state index >= 15 is 0 Å². The van der Waals surface area contributed by atoms with Crippen LogP contribution in [0.25, 0.3) is 0 Å². The molecule has 1 aliphatic rings. The van der Waals surface area contributed by atoms with Gasteiger partial charge in [0.05, 0.1) is 6.10 Å². The minimum Gasteiger partial charge on any atom is -0.392 e. The summed E-state index contributed by atoms with van der Waals surface area (Å²) in [5, 5.41) is 14.4. The minimum absolute atomic E-state index is 0.123. The molecule has 3 unspecified atom stereocenters. The number of thiophene rings is 1. The number of aliphatic hydroxyl groups is 1. The van der Waals surface area contributed by atoms with Gasteiger partial charge in [-0.05, 0) is 53.5 Å². The Morgan fingerprint density at radius 2 is 2.40 bits per heavy atom. The van der Waals surface area contributed by atoms with Crippen molar-refractivity contribution in [2.45, 2.75) is 45.1 Å². The van der Waals surface area contributed by atoms with E-state index in [0.29, 0.717) is 5.92 Å². The Balaban J connectivity index is 1.87. The van der Waals surface area contributed by atoms with Gasteiger partial charge < -0.3 is 5.11 Å². The molecule has 3 atom stereocenters. The first kappa shape index (κ1) is 11.2. The number of aliphatic hydroxyl groups excluding tert-OH is 1. The van der Waals surface area contributed by atoms with Gasteiger partial charge in [0.2, 0.25) is 0 Å². The summed E-state index contributed by atoms with van der Waals surface area (Å²) in [5.74, 6) is 1.34. The first-order valence-corrected chi connectivity index (χ1v) is 6.89. The first-order valence-electron chi connectivity index (χ1n) is 5.95. The largest absolute Gasteiger partial charge is 0.392 e. The van der Waals surface area contributed by atoms with Gasteiger partial charge in [0.25, 0.3) is 0 Å². The molecule has 1 aliphatic carbocycles. The van der Waals surface area contributed by atoms with Gasteiger partial charge >= 0.3 is 0 Å². The fourth-order valence-electron chi connectivity index (χ4n) is 2.65. The van der Waals surface area contributed by atoms with Crippen LogP contribution in [-0.2, 0) is 6.42 Å². The van der Waals surface area contributed by atoms with Gasteiger partial charge in [0.1, 0.15) is 0 Å². The second-order valence-corrected chi connectivity index (χ2v) is 5.71. The Bertz CT molecular complexity index is 281. The second kappa shape index (κ2) is 5.13. The molecule has 0 spiro atoms. The molecule has 15 heavy (non-hydrogen) atoms. The van der Waals surface area contributed by atoms with Crippen LogP contribution in [0.15, 0.2) is 16.8 Å². The summed E-state index contributed by atoms with van der Waals surface area (Å²) in [6.07, 6.45) is 5.80. The normalized spacial score (nSPS) is 28.9. The third-order valence-corrected chi connectivity index (χ3v) is 4.28. The summed E-state index contributed by atoms with van der Waals surface area (Å²) in [6.45, 7) is 2.31. The van der Waals surface area contributed by atoms with Crippen molar-refractivity contribution in [3.8, 4) is 0 Å². The Morgan fingerprint density at radius 1 is 1.53 bits per heavy atom. The molecule has 84 valence electrons. The predicted molar refractivity (Wildman–Crippen MR) is 65.2 cm³/mol. The van der Waals surface area contributed by atoms with E-state index in [1.807, 2.05) is 0 Å². The summed E-state index contributed by atoms with van der Waals surface area (Å²) in [6, 6.07) is 2.13. The van der Waals surface area contributed by atoms with E-state index in [-0.39, 0.29) is 6.10 Å². The third kappa shape index (κ3) is 3.05. The van der Waals surface area contributed by atoms with Crippen LogP contribution >= 0.6 is 11.3 Å². The summed E-state index contributed by atoms with van der Waals surface area (Å²) < 4.78 is 0. The summed E-state index contributed by atoms with van der Waals surface area (Å²) in [7, 11) is 0. The lowest BCUT2D eigenvalue weighted by Crippen LogP contribution is -2.27. The standard InChI is InChI=1S/C13H20OS/c1-10-3-2-4-12(7-10)13(14)8-11-5-6-15-9-11/h5-6,9-10,12-14H,2-4,7-8H2,1H3. The van der Waals surface area contributed by atoms with Crippen LogP contribution < -0.4 is 0 Å². The van der Waals surface area contributed by atoms with Crippen LogP contribution in [-0.4, -0.2) is 11.2 Å². The van der Waals surface area contributed by atoms with Gasteiger partial charge in [-0.1, -0.05) is 19.8 Å². The van der Waals surface area contributed by atoms with Gasteiger partial charge in [0.15, 0.2) is 0 Å². The van der Waals surface area contributed by atoms with Crippen molar-refractivity contribution in [3.63, 3.8) is 0 Å². The minimum atomic E-state index is -0.123. The Labute approximate surface area is 96.1 Å². The highest BCUT2D eigenvalue weighted by Gasteiger charge is 2.25. The highest BCUT2D eigenvalue weighted by Crippen LogP contribution is 2.31. The topological polar surface area (TPSA) is 20.2 Å². The molecule has 0 aliphatic heterocycles. The molecule has 0 aromatic carbocycles. The van der Waals surface area contributed by atoms with Crippen molar-refractivity contribution in [3.05, 3.63) is 22.4 Å². The van der Waals surface area contributed by atoms with Crippen LogP contribution in [0.4, 0.5) is 0 Å². The van der Waals surface area contributed by atoms with E-state index in [9.17, 15) is 5.11 Å². The van der Waals surface area contributed by atoms with Crippen LogP contribution in [0.2, 0.25) is 0 Å². The number of hydrogen-bond acceptors (Lipinski definition) is 2. The molecule has 0 amide bonds. The van der Waals surface area contributed by atoms with Crippen LogP contribution in [0, 0.1) is 11.8 Å². The van der Waals surface area contributed by atoms with E-state index < -0.39 is 0 Å².